The highest BCUT2D eigenvalue weighted by Crippen LogP contribution is 2.20. The first-order chi connectivity index (χ1) is 7.95. The van der Waals surface area contributed by atoms with Crippen molar-refractivity contribution in [3.63, 3.8) is 0 Å². The van der Waals surface area contributed by atoms with Gasteiger partial charge in [0.25, 0.3) is 0 Å². The highest BCUT2D eigenvalue weighted by Gasteiger charge is 2.35. The summed E-state index contributed by atoms with van der Waals surface area (Å²) >= 11 is 0. The zero-order chi connectivity index (χ0) is 13.0. The normalized spacial score (nSPS) is 24.9. The predicted octanol–water partition coefficient (Wildman–Crippen LogP) is -0.247. The highest BCUT2D eigenvalue weighted by atomic mass is 19.1. The van der Waals surface area contributed by atoms with E-state index in [1.807, 2.05) is 6.92 Å². The van der Waals surface area contributed by atoms with Gasteiger partial charge in [0.15, 0.2) is 0 Å². The molecular formula is C11H20FN3O2. The van der Waals surface area contributed by atoms with E-state index in [0.717, 1.165) is 0 Å². The fourth-order valence-electron chi connectivity index (χ4n) is 2.00. The summed E-state index contributed by atoms with van der Waals surface area (Å²) in [5.41, 5.74) is 5.20. The third-order valence-electron chi connectivity index (χ3n) is 3.19. The predicted molar refractivity (Wildman–Crippen MR) is 62.0 cm³/mol. The van der Waals surface area contributed by atoms with Crippen molar-refractivity contribution in [3.05, 3.63) is 0 Å². The maximum Gasteiger partial charge on any atom is 0.234 e. The van der Waals surface area contributed by atoms with Crippen LogP contribution in [-0.2, 0) is 9.59 Å². The van der Waals surface area contributed by atoms with E-state index in [1.165, 1.54) is 0 Å². The number of carbonyl (C=O) groups is 2. The molecule has 0 aromatic carbocycles. The number of carbonyl (C=O) groups excluding carboxylic acids is 2. The molecule has 1 saturated heterocycles. The molecule has 0 bridgehead atoms. The molecule has 1 rings (SSSR count). The van der Waals surface area contributed by atoms with Crippen LogP contribution >= 0.6 is 0 Å². The number of likely N-dealkylation sites (tertiary alicyclic amines) is 1. The Balaban J connectivity index is 2.45. The first kappa shape index (κ1) is 13.9. The molecule has 17 heavy (non-hydrogen) atoms. The van der Waals surface area contributed by atoms with E-state index >= 15 is 0 Å². The number of nitrogens with two attached hydrogens (primary N) is 1. The lowest BCUT2D eigenvalue weighted by molar-refractivity contribution is -0.131. The molecule has 1 aliphatic rings. The molecule has 0 saturated carbocycles. The smallest absolute Gasteiger partial charge is 0.234 e. The second kappa shape index (κ2) is 5.95. The number of hydrogen-bond donors (Lipinski definition) is 1. The summed E-state index contributed by atoms with van der Waals surface area (Å²) in [4.78, 5) is 25.9. The molecule has 2 N–H and O–H groups in total. The van der Waals surface area contributed by atoms with Gasteiger partial charge in [-0.15, -0.1) is 0 Å². The maximum absolute atomic E-state index is 13.2. The zero-order valence-electron chi connectivity index (χ0n) is 10.4. The van der Waals surface area contributed by atoms with Crippen LogP contribution < -0.4 is 5.73 Å². The van der Waals surface area contributed by atoms with Gasteiger partial charge in [-0.05, 0) is 6.92 Å². The summed E-state index contributed by atoms with van der Waals surface area (Å²) in [6, 6.07) is -0.565. The second-order valence-electron chi connectivity index (χ2n) is 4.40. The van der Waals surface area contributed by atoms with Gasteiger partial charge in [-0.2, -0.15) is 0 Å². The van der Waals surface area contributed by atoms with Crippen molar-refractivity contribution in [2.24, 2.45) is 5.73 Å². The first-order valence-electron chi connectivity index (χ1n) is 5.87. The molecule has 1 fully saturated rings. The van der Waals surface area contributed by atoms with Gasteiger partial charge in [0.2, 0.25) is 11.8 Å². The van der Waals surface area contributed by atoms with Gasteiger partial charge in [0.1, 0.15) is 6.17 Å². The Morgan fingerprint density at radius 3 is 2.71 bits per heavy atom. The Hall–Kier alpha value is -1.17. The third-order valence-corrected chi connectivity index (χ3v) is 3.19. The van der Waals surface area contributed by atoms with E-state index in [1.54, 1.807) is 16.8 Å². The van der Waals surface area contributed by atoms with Gasteiger partial charge >= 0.3 is 0 Å². The minimum atomic E-state index is -1.02. The first-order valence-corrected chi connectivity index (χ1v) is 5.87. The minimum Gasteiger partial charge on any atom is -0.368 e. The SMILES string of the molecule is CCN(C)C(=O)CCN1C[C@H](F)C[C@H]1C(N)=O. The molecule has 0 unspecified atom stereocenters. The van der Waals surface area contributed by atoms with Crippen molar-refractivity contribution in [1.82, 2.24) is 9.80 Å². The van der Waals surface area contributed by atoms with E-state index in [9.17, 15) is 14.0 Å². The van der Waals surface area contributed by atoms with Crippen LogP contribution in [-0.4, -0.2) is 60.5 Å². The number of halogens is 1. The lowest BCUT2D eigenvalue weighted by Crippen LogP contribution is -2.42. The van der Waals surface area contributed by atoms with Gasteiger partial charge in [-0.25, -0.2) is 4.39 Å². The average Bonchev–Trinajstić information content (AvgIpc) is 2.66. The third kappa shape index (κ3) is 3.66. The van der Waals surface area contributed by atoms with E-state index in [4.69, 9.17) is 5.73 Å². The quantitative estimate of drug-likeness (QED) is 0.726. The summed E-state index contributed by atoms with van der Waals surface area (Å²) in [6.07, 6.45) is -0.583. The largest absolute Gasteiger partial charge is 0.368 e. The van der Waals surface area contributed by atoms with Crippen molar-refractivity contribution in [3.8, 4) is 0 Å². The van der Waals surface area contributed by atoms with Crippen LogP contribution in [0.2, 0.25) is 0 Å². The van der Waals surface area contributed by atoms with E-state index in [-0.39, 0.29) is 18.9 Å². The van der Waals surface area contributed by atoms with Gasteiger partial charge in [-0.3, -0.25) is 14.5 Å². The van der Waals surface area contributed by atoms with Crippen molar-refractivity contribution < 1.29 is 14.0 Å². The minimum absolute atomic E-state index is 0.00183. The summed E-state index contributed by atoms with van der Waals surface area (Å²) in [5.74, 6) is -0.514. The molecule has 2 amide bonds. The summed E-state index contributed by atoms with van der Waals surface area (Å²) in [6.45, 7) is 3.11. The molecule has 98 valence electrons. The van der Waals surface area contributed by atoms with E-state index in [0.29, 0.717) is 19.5 Å². The van der Waals surface area contributed by atoms with Crippen LogP contribution in [0.25, 0.3) is 0 Å². The molecule has 0 aromatic rings. The molecule has 2 atom stereocenters. The highest BCUT2D eigenvalue weighted by molar-refractivity contribution is 5.80. The Morgan fingerprint density at radius 1 is 1.53 bits per heavy atom. The lowest BCUT2D eigenvalue weighted by Gasteiger charge is -2.22. The molecule has 0 aromatic heterocycles. The second-order valence-corrected chi connectivity index (χ2v) is 4.40. The van der Waals surface area contributed by atoms with Gasteiger partial charge in [0, 0.05) is 39.5 Å². The average molecular weight is 245 g/mol. The fraction of sp³-hybridized carbons (Fsp3) is 0.818. The van der Waals surface area contributed by atoms with Crippen LogP contribution in [0.15, 0.2) is 0 Å². The maximum atomic E-state index is 13.2. The van der Waals surface area contributed by atoms with Gasteiger partial charge < -0.3 is 10.6 Å². The van der Waals surface area contributed by atoms with Crippen molar-refractivity contribution >= 4 is 11.8 Å². The van der Waals surface area contributed by atoms with E-state index in [2.05, 4.69) is 0 Å². The summed E-state index contributed by atoms with van der Waals surface area (Å²) in [5, 5.41) is 0. The Kier molecular flexibility index (Phi) is 4.86. The summed E-state index contributed by atoms with van der Waals surface area (Å²) < 4.78 is 13.2. The lowest BCUT2D eigenvalue weighted by atomic mass is 10.2. The number of primary amides is 1. The standard InChI is InChI=1S/C11H20FN3O2/c1-3-14(2)10(16)4-5-15-7-8(12)6-9(15)11(13)17/h8-9H,3-7H2,1-2H3,(H2,13,17)/t8-,9+/m1/s1. The van der Waals surface area contributed by atoms with E-state index < -0.39 is 18.1 Å². The summed E-state index contributed by atoms with van der Waals surface area (Å²) in [7, 11) is 1.72. The molecule has 6 heteroatoms. The van der Waals surface area contributed by atoms with Crippen molar-refractivity contribution in [2.45, 2.75) is 32.0 Å². The van der Waals surface area contributed by atoms with Crippen LogP contribution in [0, 0.1) is 0 Å². The number of nitrogens with zero attached hydrogens (tertiary/aromatic N) is 2. The van der Waals surface area contributed by atoms with Crippen molar-refractivity contribution in [2.75, 3.05) is 26.7 Å². The number of alkyl halides is 1. The Morgan fingerprint density at radius 2 is 2.18 bits per heavy atom. The topological polar surface area (TPSA) is 66.6 Å². The molecule has 1 heterocycles. The Labute approximate surface area is 101 Å². The van der Waals surface area contributed by atoms with Crippen molar-refractivity contribution in [1.29, 1.82) is 0 Å². The zero-order valence-corrected chi connectivity index (χ0v) is 10.4. The monoisotopic (exact) mass is 245 g/mol. The van der Waals surface area contributed by atoms with Gasteiger partial charge in [-0.1, -0.05) is 0 Å². The molecule has 5 nitrogen and oxygen atoms in total. The number of hydrogen-bond acceptors (Lipinski definition) is 3. The molecule has 0 aliphatic carbocycles. The van der Waals surface area contributed by atoms with Crippen LogP contribution in [0.5, 0.6) is 0 Å². The Bertz CT molecular complexity index is 298. The van der Waals surface area contributed by atoms with Crippen LogP contribution in [0.4, 0.5) is 4.39 Å². The number of rotatable bonds is 5. The molecule has 0 spiro atoms. The molecule has 1 aliphatic heterocycles. The van der Waals surface area contributed by atoms with Crippen LogP contribution in [0.1, 0.15) is 19.8 Å². The molecule has 0 radical (unpaired) electrons. The fourth-order valence-corrected chi connectivity index (χ4v) is 2.00. The number of amides is 2. The van der Waals surface area contributed by atoms with Crippen LogP contribution in [0.3, 0.4) is 0 Å². The van der Waals surface area contributed by atoms with Gasteiger partial charge in [0.05, 0.1) is 6.04 Å². The molecular weight excluding hydrogens is 225 g/mol.